The lowest BCUT2D eigenvalue weighted by atomic mass is 10.1. The number of thiol groups is 1. The number of nitrogens with one attached hydrogen (secondary N) is 1. The van der Waals surface area contributed by atoms with Crippen LogP contribution in [0.15, 0.2) is 11.4 Å². The van der Waals surface area contributed by atoms with Crippen molar-refractivity contribution in [2.24, 2.45) is 0 Å². The van der Waals surface area contributed by atoms with Gasteiger partial charge in [-0.25, -0.2) is 4.98 Å². The lowest BCUT2D eigenvalue weighted by molar-refractivity contribution is -0.137. The van der Waals surface area contributed by atoms with Gasteiger partial charge in [-0.05, 0) is 19.3 Å². The van der Waals surface area contributed by atoms with Gasteiger partial charge in [-0.15, -0.1) is 12.6 Å². The Bertz CT molecular complexity index is 285. The molecule has 0 aliphatic heterocycles. The molecule has 0 amide bonds. The van der Waals surface area contributed by atoms with Crippen LogP contribution in [-0.2, 0) is 11.2 Å². The zero-order valence-corrected chi connectivity index (χ0v) is 8.05. The number of hydrogen-bond donors (Lipinski definition) is 3. The molecule has 0 radical (unpaired) electrons. The van der Waals surface area contributed by atoms with Crippen molar-refractivity contribution in [3.8, 4) is 0 Å². The Kier molecular flexibility index (Phi) is 3.82. The van der Waals surface area contributed by atoms with Gasteiger partial charge in [0.15, 0.2) is 5.16 Å². The molecular weight excluding hydrogens is 188 g/mol. The highest BCUT2D eigenvalue weighted by molar-refractivity contribution is 7.80. The number of H-pyrrole nitrogens is 1. The minimum absolute atomic E-state index is 0.234. The van der Waals surface area contributed by atoms with Gasteiger partial charge in [0.05, 0.1) is 5.69 Å². The fraction of sp³-hybridized carbons (Fsp3) is 0.500. The van der Waals surface area contributed by atoms with Gasteiger partial charge in [-0.3, -0.25) is 4.79 Å². The van der Waals surface area contributed by atoms with E-state index in [4.69, 9.17) is 5.11 Å². The Morgan fingerprint density at radius 2 is 2.38 bits per heavy atom. The molecule has 5 heteroatoms. The third-order valence-corrected chi connectivity index (χ3v) is 1.92. The van der Waals surface area contributed by atoms with Crippen molar-refractivity contribution in [3.63, 3.8) is 0 Å². The minimum Gasteiger partial charge on any atom is -0.481 e. The fourth-order valence-electron chi connectivity index (χ4n) is 1.06. The molecule has 4 nitrogen and oxygen atoms in total. The minimum atomic E-state index is -0.739. The number of hydrogen-bond acceptors (Lipinski definition) is 3. The van der Waals surface area contributed by atoms with E-state index in [1.54, 1.807) is 6.20 Å². The molecular formula is C8H12N2O2S. The summed E-state index contributed by atoms with van der Waals surface area (Å²) in [5, 5.41) is 8.99. The van der Waals surface area contributed by atoms with Crippen LogP contribution < -0.4 is 0 Å². The average molecular weight is 200 g/mol. The molecule has 2 N–H and O–H groups in total. The van der Waals surface area contributed by atoms with Crippen molar-refractivity contribution in [1.82, 2.24) is 9.97 Å². The Morgan fingerprint density at radius 1 is 1.62 bits per heavy atom. The second kappa shape index (κ2) is 4.91. The summed E-state index contributed by atoms with van der Waals surface area (Å²) in [4.78, 5) is 17.1. The summed E-state index contributed by atoms with van der Waals surface area (Å²) >= 11 is 4.02. The van der Waals surface area contributed by atoms with Crippen molar-refractivity contribution in [1.29, 1.82) is 0 Å². The maximum absolute atomic E-state index is 10.2. The highest BCUT2D eigenvalue weighted by atomic mass is 32.1. The molecule has 1 aromatic heterocycles. The number of aliphatic carboxylic acids is 1. The molecule has 0 aromatic carbocycles. The standard InChI is InChI=1S/C8H12N2O2S/c11-7(12)4-2-1-3-6-5-9-8(13)10-6/h5H,1-4H2,(H,11,12)(H2,9,10,13). The number of unbranched alkanes of at least 4 members (excludes halogenated alkanes) is 1. The second-order valence-corrected chi connectivity index (χ2v) is 3.24. The maximum Gasteiger partial charge on any atom is 0.303 e. The molecule has 0 fully saturated rings. The first-order chi connectivity index (χ1) is 6.18. The van der Waals surface area contributed by atoms with Gasteiger partial charge in [0.1, 0.15) is 0 Å². The summed E-state index contributed by atoms with van der Waals surface area (Å²) < 4.78 is 0. The van der Waals surface area contributed by atoms with Crippen LogP contribution in [0.25, 0.3) is 0 Å². The number of carbonyl (C=O) groups is 1. The number of imidazole rings is 1. The molecule has 0 atom stereocenters. The largest absolute Gasteiger partial charge is 0.481 e. The van der Waals surface area contributed by atoms with Crippen LogP contribution in [0.5, 0.6) is 0 Å². The summed E-state index contributed by atoms with van der Waals surface area (Å²) in [6.07, 6.45) is 4.39. The van der Waals surface area contributed by atoms with Crippen LogP contribution >= 0.6 is 12.6 Å². The van der Waals surface area contributed by atoms with Crippen LogP contribution in [-0.4, -0.2) is 21.0 Å². The molecule has 1 heterocycles. The lowest BCUT2D eigenvalue weighted by Gasteiger charge is -1.94. The van der Waals surface area contributed by atoms with Crippen LogP contribution in [0.4, 0.5) is 0 Å². The second-order valence-electron chi connectivity index (χ2n) is 2.82. The predicted molar refractivity (Wildman–Crippen MR) is 51.0 cm³/mol. The first-order valence-electron chi connectivity index (χ1n) is 4.13. The van der Waals surface area contributed by atoms with Gasteiger partial charge < -0.3 is 10.1 Å². The molecule has 0 bridgehead atoms. The van der Waals surface area contributed by atoms with E-state index in [0.717, 1.165) is 18.5 Å². The van der Waals surface area contributed by atoms with Crippen molar-refractivity contribution in [2.75, 3.05) is 0 Å². The Labute approximate surface area is 81.8 Å². The zero-order chi connectivity index (χ0) is 9.68. The molecule has 0 unspecified atom stereocenters. The van der Waals surface area contributed by atoms with E-state index in [0.29, 0.717) is 11.6 Å². The molecule has 0 aliphatic rings. The number of aromatic nitrogens is 2. The maximum atomic E-state index is 10.2. The smallest absolute Gasteiger partial charge is 0.303 e. The van der Waals surface area contributed by atoms with Crippen molar-refractivity contribution in [3.05, 3.63) is 11.9 Å². The number of aromatic amines is 1. The van der Waals surface area contributed by atoms with E-state index >= 15 is 0 Å². The zero-order valence-electron chi connectivity index (χ0n) is 7.16. The van der Waals surface area contributed by atoms with Gasteiger partial charge >= 0.3 is 5.97 Å². The normalized spacial score (nSPS) is 10.2. The Morgan fingerprint density at radius 3 is 2.92 bits per heavy atom. The summed E-state index contributed by atoms with van der Waals surface area (Å²) in [6.45, 7) is 0. The van der Waals surface area contributed by atoms with Gasteiger partial charge in [-0.2, -0.15) is 0 Å². The monoisotopic (exact) mass is 200 g/mol. The third kappa shape index (κ3) is 3.98. The number of nitrogens with zero attached hydrogens (tertiary/aromatic N) is 1. The van der Waals surface area contributed by atoms with E-state index in [-0.39, 0.29) is 6.42 Å². The van der Waals surface area contributed by atoms with E-state index in [9.17, 15) is 4.79 Å². The number of carboxylic acid groups (broad SMARTS) is 1. The topological polar surface area (TPSA) is 66.0 Å². The lowest BCUT2D eigenvalue weighted by Crippen LogP contribution is -1.94. The van der Waals surface area contributed by atoms with E-state index in [1.165, 1.54) is 0 Å². The number of aryl methyl sites for hydroxylation is 1. The molecule has 0 spiro atoms. The van der Waals surface area contributed by atoms with Crippen LogP contribution in [0.1, 0.15) is 25.0 Å². The molecule has 1 rings (SSSR count). The van der Waals surface area contributed by atoms with E-state index < -0.39 is 5.97 Å². The first kappa shape index (κ1) is 10.1. The van der Waals surface area contributed by atoms with Crippen molar-refractivity contribution >= 4 is 18.6 Å². The average Bonchev–Trinajstić information content (AvgIpc) is 2.45. The van der Waals surface area contributed by atoms with Crippen LogP contribution in [0, 0.1) is 0 Å². The highest BCUT2D eigenvalue weighted by Gasteiger charge is 1.99. The Hall–Kier alpha value is -0.970. The summed E-state index contributed by atoms with van der Waals surface area (Å²) in [6, 6.07) is 0. The SMILES string of the molecule is O=C(O)CCCCc1c[nH]c(S)n1. The molecule has 0 saturated heterocycles. The fourth-order valence-corrected chi connectivity index (χ4v) is 1.25. The Balaban J connectivity index is 2.16. The van der Waals surface area contributed by atoms with Gasteiger partial charge in [0.25, 0.3) is 0 Å². The third-order valence-electron chi connectivity index (χ3n) is 1.69. The summed E-state index contributed by atoms with van der Waals surface area (Å²) in [5.74, 6) is -0.739. The van der Waals surface area contributed by atoms with Crippen molar-refractivity contribution in [2.45, 2.75) is 30.8 Å². The first-order valence-corrected chi connectivity index (χ1v) is 4.58. The van der Waals surface area contributed by atoms with Crippen LogP contribution in [0.3, 0.4) is 0 Å². The van der Waals surface area contributed by atoms with Gasteiger partial charge in [0, 0.05) is 12.6 Å². The predicted octanol–water partition coefficient (Wildman–Crippen LogP) is 1.50. The van der Waals surface area contributed by atoms with Gasteiger partial charge in [-0.1, -0.05) is 0 Å². The number of rotatable bonds is 5. The summed E-state index contributed by atoms with van der Waals surface area (Å²) in [7, 11) is 0. The molecule has 0 saturated carbocycles. The van der Waals surface area contributed by atoms with Crippen molar-refractivity contribution < 1.29 is 9.90 Å². The molecule has 72 valence electrons. The molecule has 0 aliphatic carbocycles. The summed E-state index contributed by atoms with van der Waals surface area (Å²) in [5.41, 5.74) is 0.940. The van der Waals surface area contributed by atoms with Gasteiger partial charge in [0.2, 0.25) is 0 Å². The van der Waals surface area contributed by atoms with E-state index in [2.05, 4.69) is 22.6 Å². The molecule has 1 aromatic rings. The molecule has 13 heavy (non-hydrogen) atoms. The quantitative estimate of drug-likeness (QED) is 0.498. The highest BCUT2D eigenvalue weighted by Crippen LogP contribution is 2.06. The number of carboxylic acids is 1. The van der Waals surface area contributed by atoms with Crippen LogP contribution in [0.2, 0.25) is 0 Å². The van der Waals surface area contributed by atoms with E-state index in [1.807, 2.05) is 0 Å².